The third-order valence-corrected chi connectivity index (χ3v) is 2.85. The quantitative estimate of drug-likeness (QED) is 0.685. The van der Waals surface area contributed by atoms with E-state index < -0.39 is 0 Å². The molecule has 0 radical (unpaired) electrons. The van der Waals surface area contributed by atoms with Gasteiger partial charge in [0.05, 0.1) is 10.2 Å². The molecule has 0 aliphatic carbocycles. The van der Waals surface area contributed by atoms with Crippen LogP contribution in [-0.2, 0) is 0 Å². The van der Waals surface area contributed by atoms with Gasteiger partial charge in [0.15, 0.2) is 5.82 Å². The zero-order chi connectivity index (χ0) is 11.8. The molecule has 3 aromatic rings. The van der Waals surface area contributed by atoms with Gasteiger partial charge < -0.3 is 4.98 Å². The van der Waals surface area contributed by atoms with E-state index in [-0.39, 0.29) is 5.56 Å². The molecule has 7 heteroatoms. The summed E-state index contributed by atoms with van der Waals surface area (Å²) in [6.07, 6.45) is 3.41. The summed E-state index contributed by atoms with van der Waals surface area (Å²) in [7, 11) is 0. The third kappa shape index (κ3) is 1.74. The fraction of sp³-hybridized carbons (Fsp3) is 0. The Morgan fingerprint density at radius 2 is 2.24 bits per heavy atom. The topological polar surface area (TPSA) is 75.9 Å². The zero-order valence-corrected chi connectivity index (χ0v) is 10.0. The van der Waals surface area contributed by atoms with Crippen molar-refractivity contribution in [2.75, 3.05) is 0 Å². The Balaban J connectivity index is 2.23. The lowest BCUT2D eigenvalue weighted by molar-refractivity contribution is 0.941. The average molecular weight is 292 g/mol. The van der Waals surface area contributed by atoms with Crippen molar-refractivity contribution >= 4 is 21.7 Å². The second-order valence-corrected chi connectivity index (χ2v) is 4.14. The summed E-state index contributed by atoms with van der Waals surface area (Å²) in [5, 5.41) is 4.26. The molecule has 3 heterocycles. The molecular formula is C10H6BrN5O. The Bertz CT molecular complexity index is 715. The Hall–Kier alpha value is -2.02. The molecule has 0 amide bonds. The van der Waals surface area contributed by atoms with E-state index in [9.17, 15) is 4.79 Å². The normalized spacial score (nSPS) is 10.9. The number of pyridine rings is 1. The molecule has 0 fully saturated rings. The SMILES string of the molecule is O=c1ccc(-c2nc3ncccn3n2)c(Br)[nH]1. The number of nitrogens with zero attached hydrogens (tertiary/aromatic N) is 4. The van der Waals surface area contributed by atoms with E-state index in [1.54, 1.807) is 29.0 Å². The van der Waals surface area contributed by atoms with Crippen LogP contribution in [0.4, 0.5) is 0 Å². The summed E-state index contributed by atoms with van der Waals surface area (Å²) in [6, 6.07) is 4.87. The highest BCUT2D eigenvalue weighted by molar-refractivity contribution is 9.10. The van der Waals surface area contributed by atoms with Gasteiger partial charge in [-0.3, -0.25) is 4.79 Å². The van der Waals surface area contributed by atoms with Gasteiger partial charge in [0, 0.05) is 18.5 Å². The first-order valence-corrected chi connectivity index (χ1v) is 5.60. The zero-order valence-electron chi connectivity index (χ0n) is 8.46. The molecule has 0 spiro atoms. The molecule has 17 heavy (non-hydrogen) atoms. The largest absolute Gasteiger partial charge is 0.316 e. The van der Waals surface area contributed by atoms with Crippen molar-refractivity contribution in [1.82, 2.24) is 24.6 Å². The molecule has 3 rings (SSSR count). The van der Waals surface area contributed by atoms with Gasteiger partial charge in [0.1, 0.15) is 0 Å². The van der Waals surface area contributed by atoms with Gasteiger partial charge in [0.25, 0.3) is 5.78 Å². The molecule has 3 aromatic heterocycles. The van der Waals surface area contributed by atoms with E-state index >= 15 is 0 Å². The molecule has 1 N–H and O–H groups in total. The van der Waals surface area contributed by atoms with Gasteiger partial charge in [-0.2, -0.15) is 4.98 Å². The summed E-state index contributed by atoms with van der Waals surface area (Å²) in [6.45, 7) is 0. The monoisotopic (exact) mass is 291 g/mol. The van der Waals surface area contributed by atoms with Crippen LogP contribution in [0.15, 0.2) is 40.0 Å². The third-order valence-electron chi connectivity index (χ3n) is 2.23. The second kappa shape index (κ2) is 3.77. The highest BCUT2D eigenvalue weighted by atomic mass is 79.9. The maximum absolute atomic E-state index is 11.1. The van der Waals surface area contributed by atoms with Crippen LogP contribution in [0.25, 0.3) is 17.2 Å². The summed E-state index contributed by atoms with van der Waals surface area (Å²) in [4.78, 5) is 22.1. The van der Waals surface area contributed by atoms with E-state index in [0.29, 0.717) is 16.2 Å². The second-order valence-electron chi connectivity index (χ2n) is 3.35. The van der Waals surface area contributed by atoms with Crippen LogP contribution in [0.3, 0.4) is 0 Å². The van der Waals surface area contributed by atoms with E-state index in [2.05, 4.69) is 36.0 Å². The number of H-pyrrole nitrogens is 1. The molecule has 0 bridgehead atoms. The first kappa shape index (κ1) is 10.2. The van der Waals surface area contributed by atoms with Crippen molar-refractivity contribution < 1.29 is 0 Å². The highest BCUT2D eigenvalue weighted by Crippen LogP contribution is 2.21. The van der Waals surface area contributed by atoms with Crippen LogP contribution in [-0.4, -0.2) is 24.6 Å². The molecule has 0 saturated heterocycles. The van der Waals surface area contributed by atoms with Gasteiger partial charge in [-0.1, -0.05) is 0 Å². The van der Waals surface area contributed by atoms with Gasteiger partial charge in [-0.05, 0) is 28.1 Å². The molecule has 0 saturated carbocycles. The maximum Gasteiger partial charge on any atom is 0.252 e. The predicted molar refractivity (Wildman–Crippen MR) is 64.5 cm³/mol. The smallest absolute Gasteiger partial charge is 0.252 e. The minimum Gasteiger partial charge on any atom is -0.316 e. The predicted octanol–water partition coefficient (Wildman–Crippen LogP) is 1.24. The average Bonchev–Trinajstić information content (AvgIpc) is 2.72. The van der Waals surface area contributed by atoms with Crippen LogP contribution in [0.5, 0.6) is 0 Å². The first-order chi connectivity index (χ1) is 8.24. The number of nitrogens with one attached hydrogen (secondary N) is 1. The lowest BCUT2D eigenvalue weighted by Crippen LogP contribution is -2.04. The molecule has 6 nitrogen and oxygen atoms in total. The fourth-order valence-corrected chi connectivity index (χ4v) is 1.97. The molecule has 0 aromatic carbocycles. The van der Waals surface area contributed by atoms with Gasteiger partial charge in [-0.15, -0.1) is 5.10 Å². The van der Waals surface area contributed by atoms with E-state index in [0.717, 1.165) is 5.56 Å². The van der Waals surface area contributed by atoms with E-state index in [1.165, 1.54) is 6.07 Å². The lowest BCUT2D eigenvalue weighted by atomic mass is 10.3. The molecule has 0 aliphatic heterocycles. The number of aromatic amines is 1. The first-order valence-electron chi connectivity index (χ1n) is 4.80. The Labute approximate surface area is 103 Å². The number of fused-ring (bicyclic) bond motifs is 1. The Morgan fingerprint density at radius 1 is 1.35 bits per heavy atom. The molecule has 0 aliphatic rings. The van der Waals surface area contributed by atoms with Crippen molar-refractivity contribution in [3.8, 4) is 11.4 Å². The minimum absolute atomic E-state index is 0.178. The molecular weight excluding hydrogens is 286 g/mol. The lowest BCUT2D eigenvalue weighted by Gasteiger charge is -1.96. The van der Waals surface area contributed by atoms with Crippen LogP contribution in [0.1, 0.15) is 0 Å². The van der Waals surface area contributed by atoms with Crippen LogP contribution in [0, 0.1) is 0 Å². The Morgan fingerprint density at radius 3 is 3.00 bits per heavy atom. The van der Waals surface area contributed by atoms with Crippen molar-refractivity contribution in [3.05, 3.63) is 45.5 Å². The van der Waals surface area contributed by atoms with Crippen molar-refractivity contribution in [2.24, 2.45) is 0 Å². The van der Waals surface area contributed by atoms with Crippen molar-refractivity contribution in [1.29, 1.82) is 0 Å². The minimum atomic E-state index is -0.178. The van der Waals surface area contributed by atoms with Crippen LogP contribution in [0.2, 0.25) is 0 Å². The van der Waals surface area contributed by atoms with Crippen LogP contribution >= 0.6 is 15.9 Å². The Kier molecular flexibility index (Phi) is 2.25. The number of rotatable bonds is 1. The maximum atomic E-state index is 11.1. The number of hydrogen-bond donors (Lipinski definition) is 1. The molecule has 84 valence electrons. The summed E-state index contributed by atoms with van der Waals surface area (Å²) >= 11 is 3.28. The summed E-state index contributed by atoms with van der Waals surface area (Å²) < 4.78 is 2.13. The highest BCUT2D eigenvalue weighted by Gasteiger charge is 2.10. The van der Waals surface area contributed by atoms with E-state index in [1.807, 2.05) is 0 Å². The molecule has 0 unspecified atom stereocenters. The summed E-state index contributed by atoms with van der Waals surface area (Å²) in [5.41, 5.74) is 0.539. The van der Waals surface area contributed by atoms with E-state index in [4.69, 9.17) is 0 Å². The van der Waals surface area contributed by atoms with Gasteiger partial charge in [0.2, 0.25) is 5.56 Å². The van der Waals surface area contributed by atoms with Gasteiger partial charge >= 0.3 is 0 Å². The molecule has 0 atom stereocenters. The number of halogens is 1. The fourth-order valence-electron chi connectivity index (χ4n) is 1.47. The van der Waals surface area contributed by atoms with Crippen molar-refractivity contribution in [2.45, 2.75) is 0 Å². The summed E-state index contributed by atoms with van der Waals surface area (Å²) in [5.74, 6) is 1.02. The van der Waals surface area contributed by atoms with Crippen LogP contribution < -0.4 is 5.56 Å². The van der Waals surface area contributed by atoms with Gasteiger partial charge in [-0.25, -0.2) is 9.50 Å². The standard InChI is InChI=1S/C10H6BrN5O/c11-8-6(2-3-7(17)13-8)9-14-10-12-4-1-5-16(10)15-9/h1-5H,(H,13,17). The number of hydrogen-bond acceptors (Lipinski definition) is 4. The van der Waals surface area contributed by atoms with Crippen molar-refractivity contribution in [3.63, 3.8) is 0 Å². The number of aromatic nitrogens is 5.